The summed E-state index contributed by atoms with van der Waals surface area (Å²) in [6.07, 6.45) is 4.96. The molecule has 2 saturated carbocycles. The van der Waals surface area contributed by atoms with Crippen molar-refractivity contribution in [1.29, 1.82) is 0 Å². The molecule has 1 saturated heterocycles. The van der Waals surface area contributed by atoms with Gasteiger partial charge in [0.2, 0.25) is 11.8 Å². The first-order valence-electron chi connectivity index (χ1n) is 9.06. The van der Waals surface area contributed by atoms with Gasteiger partial charge >= 0.3 is 0 Å². The van der Waals surface area contributed by atoms with Gasteiger partial charge in [-0.2, -0.15) is 0 Å². The van der Waals surface area contributed by atoms with Gasteiger partial charge in [-0.15, -0.1) is 0 Å². The highest BCUT2D eigenvalue weighted by Gasteiger charge is 2.46. The number of hydrogen-bond acceptors (Lipinski definition) is 3. The molecule has 2 atom stereocenters. The van der Waals surface area contributed by atoms with E-state index in [4.69, 9.17) is 5.73 Å². The molecule has 2 N–H and O–H groups in total. The Morgan fingerprint density at radius 1 is 1.00 bits per heavy atom. The zero-order valence-electron chi connectivity index (χ0n) is 14.0. The van der Waals surface area contributed by atoms with Crippen LogP contribution >= 0.6 is 0 Å². The van der Waals surface area contributed by atoms with E-state index in [9.17, 15) is 9.59 Å². The molecular weight excluding hydrogens is 302 g/mol. The van der Waals surface area contributed by atoms with E-state index in [1.54, 1.807) is 12.1 Å². The SMILES string of the molecule is NC(=O)c1ccc(C2C[C@@H]2C(=O)N2CCN(C3CCC3)CC2)cc1. The molecule has 0 bridgehead atoms. The van der Waals surface area contributed by atoms with Crippen molar-refractivity contribution in [3.05, 3.63) is 35.4 Å². The zero-order chi connectivity index (χ0) is 16.7. The van der Waals surface area contributed by atoms with Crippen LogP contribution in [0.25, 0.3) is 0 Å². The number of benzene rings is 1. The number of piperazine rings is 1. The highest BCUT2D eigenvalue weighted by Crippen LogP contribution is 2.48. The lowest BCUT2D eigenvalue weighted by molar-refractivity contribution is -0.135. The van der Waals surface area contributed by atoms with Gasteiger partial charge in [0.15, 0.2) is 0 Å². The van der Waals surface area contributed by atoms with Crippen LogP contribution in [-0.2, 0) is 4.79 Å². The van der Waals surface area contributed by atoms with Gasteiger partial charge in [-0.25, -0.2) is 0 Å². The fourth-order valence-electron chi connectivity index (χ4n) is 4.02. The molecule has 1 aromatic rings. The standard InChI is InChI=1S/C19H25N3O2/c20-18(23)14-6-4-13(5-7-14)16-12-17(16)19(24)22-10-8-21(9-11-22)15-2-1-3-15/h4-7,15-17H,1-3,8-12H2,(H2,20,23)/t16?,17-/m0/s1. The normalized spacial score (nSPS) is 27.6. The maximum absolute atomic E-state index is 12.7. The Hall–Kier alpha value is -1.88. The first-order valence-corrected chi connectivity index (χ1v) is 9.06. The summed E-state index contributed by atoms with van der Waals surface area (Å²) in [7, 11) is 0. The number of nitrogens with two attached hydrogens (primary N) is 1. The van der Waals surface area contributed by atoms with Crippen LogP contribution in [0.5, 0.6) is 0 Å². The molecule has 5 nitrogen and oxygen atoms in total. The second-order valence-corrected chi connectivity index (χ2v) is 7.38. The van der Waals surface area contributed by atoms with E-state index in [0.717, 1.165) is 44.2 Å². The monoisotopic (exact) mass is 327 g/mol. The minimum absolute atomic E-state index is 0.125. The van der Waals surface area contributed by atoms with Gasteiger partial charge in [0.25, 0.3) is 0 Å². The summed E-state index contributed by atoms with van der Waals surface area (Å²) >= 11 is 0. The number of carbonyl (C=O) groups excluding carboxylic acids is 2. The van der Waals surface area contributed by atoms with Gasteiger partial charge in [0.05, 0.1) is 0 Å². The quantitative estimate of drug-likeness (QED) is 0.913. The molecule has 1 aliphatic heterocycles. The van der Waals surface area contributed by atoms with Crippen molar-refractivity contribution >= 4 is 11.8 Å². The number of primary amides is 1. The molecule has 1 heterocycles. The topological polar surface area (TPSA) is 66.6 Å². The van der Waals surface area contributed by atoms with E-state index in [1.165, 1.54) is 19.3 Å². The molecule has 3 aliphatic rings. The second kappa shape index (κ2) is 6.20. The van der Waals surface area contributed by atoms with Crippen LogP contribution in [0.4, 0.5) is 0 Å². The Balaban J connectivity index is 1.31. The highest BCUT2D eigenvalue weighted by atomic mass is 16.2. The Kier molecular flexibility index (Phi) is 4.04. The molecule has 0 radical (unpaired) electrons. The van der Waals surface area contributed by atoms with Gasteiger partial charge in [-0.3, -0.25) is 14.5 Å². The predicted octanol–water partition coefficient (Wildman–Crippen LogP) is 1.59. The fourth-order valence-corrected chi connectivity index (χ4v) is 4.02. The number of amides is 2. The Morgan fingerprint density at radius 2 is 1.67 bits per heavy atom. The molecule has 4 rings (SSSR count). The largest absolute Gasteiger partial charge is 0.366 e. The minimum Gasteiger partial charge on any atom is -0.366 e. The van der Waals surface area contributed by atoms with E-state index in [1.807, 2.05) is 12.1 Å². The molecule has 0 spiro atoms. The molecule has 1 unspecified atom stereocenters. The molecule has 2 amide bonds. The van der Waals surface area contributed by atoms with E-state index in [0.29, 0.717) is 17.4 Å². The van der Waals surface area contributed by atoms with Crippen molar-refractivity contribution in [2.75, 3.05) is 26.2 Å². The van der Waals surface area contributed by atoms with Gasteiger partial charge < -0.3 is 10.6 Å². The molecule has 3 fully saturated rings. The summed E-state index contributed by atoms with van der Waals surface area (Å²) in [4.78, 5) is 28.5. The summed E-state index contributed by atoms with van der Waals surface area (Å²) < 4.78 is 0. The third-order valence-electron chi connectivity index (χ3n) is 5.95. The average Bonchev–Trinajstić information content (AvgIpc) is 3.34. The van der Waals surface area contributed by atoms with Crippen LogP contribution in [0.15, 0.2) is 24.3 Å². The maximum Gasteiger partial charge on any atom is 0.248 e. The highest BCUT2D eigenvalue weighted by molar-refractivity contribution is 5.92. The fraction of sp³-hybridized carbons (Fsp3) is 0.579. The first kappa shape index (κ1) is 15.6. The van der Waals surface area contributed by atoms with Crippen molar-refractivity contribution in [1.82, 2.24) is 9.80 Å². The summed E-state index contributed by atoms with van der Waals surface area (Å²) in [6.45, 7) is 3.81. The molecule has 5 heteroatoms. The second-order valence-electron chi connectivity index (χ2n) is 7.38. The number of carbonyl (C=O) groups is 2. The molecule has 1 aromatic carbocycles. The lowest BCUT2D eigenvalue weighted by atomic mass is 9.91. The van der Waals surface area contributed by atoms with Gasteiger partial charge in [0.1, 0.15) is 0 Å². The number of hydrogen-bond donors (Lipinski definition) is 1. The lowest BCUT2D eigenvalue weighted by Gasteiger charge is -2.43. The Labute approximate surface area is 142 Å². The van der Waals surface area contributed by atoms with Crippen molar-refractivity contribution in [2.24, 2.45) is 11.7 Å². The van der Waals surface area contributed by atoms with Gasteiger partial charge in [-0.05, 0) is 42.9 Å². The van der Waals surface area contributed by atoms with Gasteiger partial charge in [-0.1, -0.05) is 18.6 Å². The molecular formula is C19H25N3O2. The summed E-state index contributed by atoms with van der Waals surface area (Å²) in [5.41, 5.74) is 6.94. The zero-order valence-corrected chi connectivity index (χ0v) is 14.0. The minimum atomic E-state index is -0.408. The molecule has 2 aliphatic carbocycles. The van der Waals surface area contributed by atoms with E-state index in [-0.39, 0.29) is 5.92 Å². The van der Waals surface area contributed by atoms with Gasteiger partial charge in [0, 0.05) is 43.7 Å². The first-order chi connectivity index (χ1) is 11.6. The summed E-state index contributed by atoms with van der Waals surface area (Å²) in [5.74, 6) is 0.338. The number of nitrogens with zero attached hydrogens (tertiary/aromatic N) is 2. The summed E-state index contributed by atoms with van der Waals surface area (Å²) in [5, 5.41) is 0. The van der Waals surface area contributed by atoms with Crippen LogP contribution in [0, 0.1) is 5.92 Å². The van der Waals surface area contributed by atoms with Crippen LogP contribution < -0.4 is 5.73 Å². The molecule has 0 aromatic heterocycles. The van der Waals surface area contributed by atoms with Crippen LogP contribution in [0.1, 0.15) is 47.5 Å². The Bertz CT molecular complexity index is 631. The van der Waals surface area contributed by atoms with Crippen molar-refractivity contribution in [2.45, 2.75) is 37.6 Å². The number of rotatable bonds is 4. The van der Waals surface area contributed by atoms with Crippen molar-refractivity contribution < 1.29 is 9.59 Å². The summed E-state index contributed by atoms with van der Waals surface area (Å²) in [6, 6.07) is 8.17. The lowest BCUT2D eigenvalue weighted by Crippen LogP contribution is -2.53. The predicted molar refractivity (Wildman–Crippen MR) is 91.6 cm³/mol. The van der Waals surface area contributed by atoms with E-state index in [2.05, 4.69) is 9.80 Å². The van der Waals surface area contributed by atoms with Crippen LogP contribution in [0.2, 0.25) is 0 Å². The maximum atomic E-state index is 12.7. The van der Waals surface area contributed by atoms with Crippen LogP contribution in [0.3, 0.4) is 0 Å². The third-order valence-corrected chi connectivity index (χ3v) is 5.95. The third kappa shape index (κ3) is 2.93. The molecule has 24 heavy (non-hydrogen) atoms. The average molecular weight is 327 g/mol. The smallest absolute Gasteiger partial charge is 0.248 e. The van der Waals surface area contributed by atoms with Crippen molar-refractivity contribution in [3.63, 3.8) is 0 Å². The Morgan fingerprint density at radius 3 is 2.21 bits per heavy atom. The molecule has 128 valence electrons. The van der Waals surface area contributed by atoms with E-state index >= 15 is 0 Å². The van der Waals surface area contributed by atoms with E-state index < -0.39 is 5.91 Å². The van der Waals surface area contributed by atoms with Crippen LogP contribution in [-0.4, -0.2) is 53.8 Å². The van der Waals surface area contributed by atoms with Crippen molar-refractivity contribution in [3.8, 4) is 0 Å².